The van der Waals surface area contributed by atoms with Crippen molar-refractivity contribution in [3.8, 4) is 10.6 Å². The number of nitrogens with zero attached hydrogens (tertiary/aromatic N) is 6. The van der Waals surface area contributed by atoms with E-state index in [1.54, 1.807) is 6.20 Å². The number of alkyl halides is 1. The number of hydrogen-bond donors (Lipinski definition) is 1. The van der Waals surface area contributed by atoms with Crippen LogP contribution in [-0.2, 0) is 0 Å². The van der Waals surface area contributed by atoms with E-state index < -0.39 is 6.17 Å². The van der Waals surface area contributed by atoms with Crippen LogP contribution in [0.1, 0.15) is 11.4 Å². The molecule has 2 atom stereocenters. The molecule has 8 nitrogen and oxygen atoms in total. The standard InChI is InChI=1S/C19H22FN7OS/c1-11-24-25-17(29-11)12-4-5-13-9-21-18(22-15(13)8-12)23-19(28)27-7-6-16(26(2)3)14(20)10-27/h4-5,8-9,14,16H,6-7,10H2,1-3H3,(H,21,22,23,28)/t14-,16-/m0/s1. The van der Waals surface area contributed by atoms with Gasteiger partial charge in [-0.3, -0.25) is 5.32 Å². The first-order chi connectivity index (χ1) is 13.9. The number of carbonyl (C=O) groups excluding carboxylic acids is 1. The van der Waals surface area contributed by atoms with E-state index in [2.05, 4.69) is 25.5 Å². The zero-order chi connectivity index (χ0) is 20.5. The molecule has 0 bridgehead atoms. The lowest BCUT2D eigenvalue weighted by atomic mass is 10.0. The van der Waals surface area contributed by atoms with Gasteiger partial charge in [0.1, 0.15) is 16.2 Å². The number of aryl methyl sites for hydroxylation is 1. The highest BCUT2D eigenvalue weighted by molar-refractivity contribution is 7.14. The molecule has 152 valence electrons. The van der Waals surface area contributed by atoms with Gasteiger partial charge >= 0.3 is 6.03 Å². The highest BCUT2D eigenvalue weighted by Gasteiger charge is 2.32. The number of benzene rings is 1. The molecule has 1 aromatic carbocycles. The van der Waals surface area contributed by atoms with Gasteiger partial charge in [-0.15, -0.1) is 10.2 Å². The monoisotopic (exact) mass is 415 g/mol. The van der Waals surface area contributed by atoms with Crippen molar-refractivity contribution >= 4 is 34.2 Å². The fraction of sp³-hybridized carbons (Fsp3) is 0.421. The molecule has 10 heteroatoms. The van der Waals surface area contributed by atoms with Gasteiger partial charge in [0.15, 0.2) is 0 Å². The van der Waals surface area contributed by atoms with Crippen molar-refractivity contribution in [3.05, 3.63) is 29.4 Å². The van der Waals surface area contributed by atoms with Crippen molar-refractivity contribution in [2.45, 2.75) is 25.6 Å². The van der Waals surface area contributed by atoms with Crippen molar-refractivity contribution in [1.82, 2.24) is 30.0 Å². The molecular weight excluding hydrogens is 393 g/mol. The highest BCUT2D eigenvalue weighted by Crippen LogP contribution is 2.26. The number of nitrogens with one attached hydrogen (secondary N) is 1. The van der Waals surface area contributed by atoms with E-state index in [9.17, 15) is 9.18 Å². The maximum atomic E-state index is 14.4. The first-order valence-corrected chi connectivity index (χ1v) is 10.2. The summed E-state index contributed by atoms with van der Waals surface area (Å²) in [6.45, 7) is 2.45. The average molecular weight is 415 g/mol. The highest BCUT2D eigenvalue weighted by atomic mass is 32.1. The lowest BCUT2D eigenvalue weighted by Gasteiger charge is -2.37. The molecule has 2 amide bonds. The number of fused-ring (bicyclic) bond motifs is 1. The van der Waals surface area contributed by atoms with Gasteiger partial charge in [0.2, 0.25) is 5.95 Å². The Kier molecular flexibility index (Phi) is 5.37. The molecule has 1 N–H and O–H groups in total. The van der Waals surface area contributed by atoms with E-state index in [0.717, 1.165) is 21.0 Å². The van der Waals surface area contributed by atoms with Crippen LogP contribution >= 0.6 is 11.3 Å². The predicted octanol–water partition coefficient (Wildman–Crippen LogP) is 2.96. The molecule has 0 spiro atoms. The maximum Gasteiger partial charge on any atom is 0.324 e. The summed E-state index contributed by atoms with van der Waals surface area (Å²) in [7, 11) is 3.71. The van der Waals surface area contributed by atoms with E-state index in [1.165, 1.54) is 16.2 Å². The third-order valence-electron chi connectivity index (χ3n) is 5.03. The maximum absolute atomic E-state index is 14.4. The fourth-order valence-corrected chi connectivity index (χ4v) is 4.15. The number of hydrogen-bond acceptors (Lipinski definition) is 7. The second-order valence-corrected chi connectivity index (χ2v) is 8.49. The third-order valence-corrected chi connectivity index (χ3v) is 5.92. The number of halogens is 1. The summed E-state index contributed by atoms with van der Waals surface area (Å²) in [5.41, 5.74) is 1.60. The van der Waals surface area contributed by atoms with E-state index in [-0.39, 0.29) is 24.6 Å². The third kappa shape index (κ3) is 4.18. The topological polar surface area (TPSA) is 87.1 Å². The largest absolute Gasteiger partial charge is 0.324 e. The van der Waals surface area contributed by atoms with Gasteiger partial charge in [0.25, 0.3) is 0 Å². The zero-order valence-corrected chi connectivity index (χ0v) is 17.3. The molecule has 3 aromatic rings. The van der Waals surface area contributed by atoms with Gasteiger partial charge in [0.05, 0.1) is 12.1 Å². The molecular formula is C19H22FN7OS. The zero-order valence-electron chi connectivity index (χ0n) is 16.5. The summed E-state index contributed by atoms with van der Waals surface area (Å²) >= 11 is 1.50. The number of rotatable bonds is 3. The fourth-order valence-electron chi connectivity index (χ4n) is 3.46. The van der Waals surface area contributed by atoms with Crippen LogP contribution in [0.4, 0.5) is 15.1 Å². The van der Waals surface area contributed by atoms with E-state index in [1.807, 2.05) is 44.1 Å². The lowest BCUT2D eigenvalue weighted by Crippen LogP contribution is -2.53. The van der Waals surface area contributed by atoms with Crippen LogP contribution in [0.25, 0.3) is 21.5 Å². The SMILES string of the molecule is Cc1nnc(-c2ccc3cnc(NC(=O)N4CC[C@H](N(C)C)[C@@H](F)C4)nc3c2)s1. The second kappa shape index (κ2) is 7.96. The first-order valence-electron chi connectivity index (χ1n) is 9.34. The van der Waals surface area contributed by atoms with Crippen LogP contribution < -0.4 is 5.32 Å². The second-order valence-electron chi connectivity index (χ2n) is 7.31. The minimum absolute atomic E-state index is 0.0583. The Morgan fingerprint density at radius 2 is 2.17 bits per heavy atom. The number of piperidine rings is 1. The Balaban J connectivity index is 1.50. The van der Waals surface area contributed by atoms with Gasteiger partial charge in [-0.2, -0.15) is 0 Å². The number of aromatic nitrogens is 4. The molecule has 3 heterocycles. The Morgan fingerprint density at radius 1 is 1.34 bits per heavy atom. The summed E-state index contributed by atoms with van der Waals surface area (Å²) in [5.74, 6) is 0.193. The van der Waals surface area contributed by atoms with Crippen molar-refractivity contribution < 1.29 is 9.18 Å². The number of urea groups is 1. The molecule has 0 radical (unpaired) electrons. The molecule has 1 fully saturated rings. The normalized spacial score (nSPS) is 19.7. The number of amides is 2. The molecule has 1 saturated heterocycles. The molecule has 2 aromatic heterocycles. The number of likely N-dealkylation sites (tertiary alicyclic amines) is 1. The predicted molar refractivity (Wildman–Crippen MR) is 111 cm³/mol. The molecule has 0 aliphatic carbocycles. The van der Waals surface area contributed by atoms with E-state index in [0.29, 0.717) is 18.5 Å². The lowest BCUT2D eigenvalue weighted by molar-refractivity contribution is 0.0755. The first kappa shape index (κ1) is 19.6. The molecule has 1 aliphatic rings. The smallest absolute Gasteiger partial charge is 0.321 e. The number of carbonyl (C=O) groups is 1. The van der Waals surface area contributed by atoms with Crippen molar-refractivity contribution in [3.63, 3.8) is 0 Å². The van der Waals surface area contributed by atoms with Gasteiger partial charge in [-0.1, -0.05) is 23.5 Å². The van der Waals surface area contributed by atoms with Crippen LogP contribution in [0.15, 0.2) is 24.4 Å². The van der Waals surface area contributed by atoms with Crippen LogP contribution in [-0.4, -0.2) is 75.4 Å². The Morgan fingerprint density at radius 3 is 2.86 bits per heavy atom. The van der Waals surface area contributed by atoms with E-state index in [4.69, 9.17) is 0 Å². The minimum atomic E-state index is -1.08. The van der Waals surface area contributed by atoms with Crippen molar-refractivity contribution in [2.75, 3.05) is 32.5 Å². The summed E-state index contributed by atoms with van der Waals surface area (Å²) in [6.07, 6.45) is 1.16. The summed E-state index contributed by atoms with van der Waals surface area (Å²) in [6, 6.07) is 5.19. The van der Waals surface area contributed by atoms with Gasteiger partial charge in [0, 0.05) is 29.7 Å². The quantitative estimate of drug-likeness (QED) is 0.708. The Labute approximate surface area is 171 Å². The molecule has 0 unspecified atom stereocenters. The van der Waals surface area contributed by atoms with E-state index >= 15 is 0 Å². The molecule has 4 rings (SSSR count). The summed E-state index contributed by atoms with van der Waals surface area (Å²) in [5, 5.41) is 13.4. The van der Waals surface area contributed by atoms with Gasteiger partial charge in [-0.05, 0) is 33.5 Å². The van der Waals surface area contributed by atoms with Crippen LogP contribution in [0.5, 0.6) is 0 Å². The van der Waals surface area contributed by atoms with Crippen LogP contribution in [0, 0.1) is 6.92 Å². The number of anilines is 1. The van der Waals surface area contributed by atoms with Crippen molar-refractivity contribution in [1.29, 1.82) is 0 Å². The molecule has 1 aliphatic heterocycles. The van der Waals surface area contributed by atoms with Gasteiger partial charge in [-0.25, -0.2) is 19.2 Å². The van der Waals surface area contributed by atoms with Gasteiger partial charge < -0.3 is 9.80 Å². The summed E-state index contributed by atoms with van der Waals surface area (Å²) < 4.78 is 14.4. The Hall–Kier alpha value is -2.72. The summed E-state index contributed by atoms with van der Waals surface area (Å²) in [4.78, 5) is 24.6. The minimum Gasteiger partial charge on any atom is -0.321 e. The molecule has 0 saturated carbocycles. The van der Waals surface area contributed by atoms with Crippen LogP contribution in [0.2, 0.25) is 0 Å². The average Bonchev–Trinajstić information content (AvgIpc) is 3.13. The van der Waals surface area contributed by atoms with Crippen molar-refractivity contribution in [2.24, 2.45) is 0 Å². The van der Waals surface area contributed by atoms with Crippen LogP contribution in [0.3, 0.4) is 0 Å². The Bertz CT molecular complexity index is 1040. The molecule has 29 heavy (non-hydrogen) atoms.